The largest absolute Gasteiger partial charge is 0.480 e. The average Bonchev–Trinajstić information content (AvgIpc) is 3.69. The van der Waals surface area contributed by atoms with E-state index in [0.29, 0.717) is 12.8 Å². The third-order valence-electron chi connectivity index (χ3n) is 9.63. The van der Waals surface area contributed by atoms with Crippen LogP contribution >= 0.6 is 11.8 Å². The molecule has 0 saturated carbocycles. The molecule has 11 N–H and O–H groups in total. The molecule has 15 nitrogen and oxygen atoms in total. The predicted molar refractivity (Wildman–Crippen MR) is 212 cm³/mol. The first-order chi connectivity index (χ1) is 26.8. The maximum Gasteiger partial charge on any atom is 0.326 e. The van der Waals surface area contributed by atoms with Gasteiger partial charge in [0, 0.05) is 12.3 Å². The first-order valence-electron chi connectivity index (χ1n) is 18.5. The van der Waals surface area contributed by atoms with Gasteiger partial charge in [-0.1, -0.05) is 91.0 Å². The highest BCUT2D eigenvalue weighted by Crippen LogP contribution is 2.48. The number of rotatable bonds is 20. The minimum absolute atomic E-state index is 0.0766. The Bertz CT molecular complexity index is 1710. The highest BCUT2D eigenvalue weighted by molar-refractivity contribution is 8.00. The Balaban J connectivity index is 1.77. The van der Waals surface area contributed by atoms with Crippen LogP contribution in [0.3, 0.4) is 0 Å². The van der Waals surface area contributed by atoms with Crippen LogP contribution in [-0.2, 0) is 33.5 Å². The Labute approximate surface area is 330 Å². The third kappa shape index (κ3) is 10.9. The molecule has 56 heavy (non-hydrogen) atoms. The van der Waals surface area contributed by atoms with Crippen LogP contribution in [-0.4, -0.2) is 106 Å². The summed E-state index contributed by atoms with van der Waals surface area (Å²) in [5, 5.41) is 27.3. The summed E-state index contributed by atoms with van der Waals surface area (Å²) in [5.41, 5.74) is 19.5. The number of likely N-dealkylation sites (tertiary alicyclic amines) is 1. The molecule has 4 rings (SSSR count). The Morgan fingerprint density at radius 1 is 0.821 bits per heavy atom. The topological polar surface area (TPSA) is 260 Å². The molecule has 1 fully saturated rings. The van der Waals surface area contributed by atoms with Crippen molar-refractivity contribution in [1.29, 1.82) is 0 Å². The number of hydrogen-bond donors (Lipinski definition) is 8. The number of primary amides is 1. The van der Waals surface area contributed by atoms with E-state index in [1.807, 2.05) is 91.0 Å². The zero-order valence-electron chi connectivity index (χ0n) is 31.2. The highest BCUT2D eigenvalue weighted by Gasteiger charge is 2.43. The highest BCUT2D eigenvalue weighted by atomic mass is 32.2. The van der Waals surface area contributed by atoms with E-state index in [9.17, 15) is 39.0 Å². The number of aliphatic carboxylic acids is 1. The normalized spacial score (nSPS) is 16.8. The quantitative estimate of drug-likeness (QED) is 0.0734. The summed E-state index contributed by atoms with van der Waals surface area (Å²) in [5.74, 6) is -5.38. The van der Waals surface area contributed by atoms with E-state index in [1.165, 1.54) is 23.6 Å². The van der Waals surface area contributed by atoms with E-state index in [0.717, 1.165) is 16.7 Å². The lowest BCUT2D eigenvalue weighted by molar-refractivity contribution is -0.144. The number of nitrogens with two attached hydrogens (primary N) is 3. The summed E-state index contributed by atoms with van der Waals surface area (Å²) < 4.78 is -0.933. The molecule has 1 aliphatic heterocycles. The fraction of sp³-hybridized carbons (Fsp3) is 0.400. The standard InChI is InChI=1S/C40H51N7O8S/c1-25(48)34(43)37(52)45-30(23-33(42)49)35(50)46-31(38(53)47-22-12-20-32(47)36(51)44-29(39(54)55)19-11-21-41)24-56-40(26-13-5-2-6-14-26,27-15-7-3-8-16-27)28-17-9-4-10-18-28/h2-10,13-18,25,29-32,34,48H,11-12,19-24,41,43H2,1H3,(H2,42,49)(H,44,51)(H,45,52)(H,46,50)(H,54,55)/t25-,29+,30+,31+,32+,34+/m1/s1. The number of nitrogens with zero attached hydrogens (tertiary/aromatic N) is 1. The van der Waals surface area contributed by atoms with Gasteiger partial charge < -0.3 is 48.3 Å². The van der Waals surface area contributed by atoms with Crippen molar-refractivity contribution in [3.8, 4) is 0 Å². The molecule has 0 unspecified atom stereocenters. The second kappa shape index (κ2) is 20.6. The van der Waals surface area contributed by atoms with Crippen LogP contribution in [0.15, 0.2) is 91.0 Å². The molecule has 0 radical (unpaired) electrons. The monoisotopic (exact) mass is 789 g/mol. The summed E-state index contributed by atoms with van der Waals surface area (Å²) in [6.45, 7) is 1.66. The number of carbonyl (C=O) groups is 6. The van der Waals surface area contributed by atoms with E-state index in [4.69, 9.17) is 17.2 Å². The number of hydrogen-bond acceptors (Lipinski definition) is 10. The van der Waals surface area contributed by atoms with Gasteiger partial charge in [0.1, 0.15) is 30.2 Å². The minimum atomic E-state index is -1.57. The summed E-state index contributed by atoms with van der Waals surface area (Å²) >= 11 is 1.36. The molecular weight excluding hydrogens is 739 g/mol. The molecule has 0 aromatic heterocycles. The average molecular weight is 790 g/mol. The second-order valence-corrected chi connectivity index (χ2v) is 14.9. The van der Waals surface area contributed by atoms with Gasteiger partial charge in [0.15, 0.2) is 0 Å². The Morgan fingerprint density at radius 3 is 1.80 bits per heavy atom. The number of aliphatic hydroxyl groups excluding tert-OH is 1. The van der Waals surface area contributed by atoms with Gasteiger partial charge in [-0.05, 0) is 55.8 Å². The lowest BCUT2D eigenvalue weighted by Crippen LogP contribution is -2.60. The molecule has 6 atom stereocenters. The Morgan fingerprint density at radius 2 is 1.34 bits per heavy atom. The summed E-state index contributed by atoms with van der Waals surface area (Å²) in [6, 6.07) is 22.3. The molecule has 0 spiro atoms. The van der Waals surface area contributed by atoms with E-state index in [2.05, 4.69) is 16.0 Å². The first-order valence-corrected chi connectivity index (χ1v) is 19.5. The number of carboxylic acids is 1. The smallest absolute Gasteiger partial charge is 0.326 e. The number of thioether (sulfide) groups is 1. The molecule has 0 bridgehead atoms. The fourth-order valence-corrected chi connectivity index (χ4v) is 8.22. The fourth-order valence-electron chi connectivity index (χ4n) is 6.67. The van der Waals surface area contributed by atoms with Crippen LogP contribution in [0.2, 0.25) is 0 Å². The SMILES string of the molecule is C[C@@H](O)[C@H](N)C(=O)N[C@@H](CC(N)=O)C(=O)N[C@@H](CSC(c1ccccc1)(c1ccccc1)c1ccccc1)C(=O)N1CCC[C@H]1C(=O)N[C@@H](CCCN)C(=O)O. The van der Waals surface area contributed by atoms with Gasteiger partial charge >= 0.3 is 5.97 Å². The van der Waals surface area contributed by atoms with Crippen LogP contribution < -0.4 is 33.2 Å². The number of amides is 5. The zero-order valence-corrected chi connectivity index (χ0v) is 32.0. The molecule has 1 saturated heterocycles. The molecule has 1 heterocycles. The van der Waals surface area contributed by atoms with Crippen molar-refractivity contribution in [3.63, 3.8) is 0 Å². The van der Waals surface area contributed by atoms with Crippen molar-refractivity contribution in [2.45, 2.75) is 80.1 Å². The van der Waals surface area contributed by atoms with E-state index in [1.54, 1.807) is 0 Å². The van der Waals surface area contributed by atoms with Crippen LogP contribution in [0.5, 0.6) is 0 Å². The van der Waals surface area contributed by atoms with Crippen molar-refractivity contribution >= 4 is 47.3 Å². The number of carboxylic acid groups (broad SMARTS) is 1. The molecule has 3 aromatic carbocycles. The Hall–Kier alpha value is -5.29. The molecule has 1 aliphatic rings. The third-order valence-corrected chi connectivity index (χ3v) is 11.3. The minimum Gasteiger partial charge on any atom is -0.480 e. The maximum absolute atomic E-state index is 14.7. The first kappa shape index (κ1) is 43.4. The van der Waals surface area contributed by atoms with Gasteiger partial charge in [0.05, 0.1) is 17.3 Å². The number of nitrogens with one attached hydrogen (secondary N) is 3. The van der Waals surface area contributed by atoms with Gasteiger partial charge in [-0.25, -0.2) is 4.79 Å². The molecule has 16 heteroatoms. The predicted octanol–water partition coefficient (Wildman–Crippen LogP) is 0.564. The van der Waals surface area contributed by atoms with Crippen molar-refractivity contribution < 1.29 is 39.0 Å². The lowest BCUT2D eigenvalue weighted by Gasteiger charge is -2.37. The summed E-state index contributed by atoms with van der Waals surface area (Å²) in [6.07, 6.45) is -0.804. The summed E-state index contributed by atoms with van der Waals surface area (Å²) in [7, 11) is 0. The van der Waals surface area contributed by atoms with Crippen molar-refractivity contribution in [1.82, 2.24) is 20.9 Å². The molecule has 5 amide bonds. The van der Waals surface area contributed by atoms with Crippen molar-refractivity contribution in [2.75, 3.05) is 18.8 Å². The van der Waals surface area contributed by atoms with Gasteiger partial charge in [0.2, 0.25) is 29.5 Å². The summed E-state index contributed by atoms with van der Waals surface area (Å²) in [4.78, 5) is 80.6. The Kier molecular flexibility index (Phi) is 16.0. The van der Waals surface area contributed by atoms with Gasteiger partial charge in [-0.15, -0.1) is 11.8 Å². The molecular formula is C40H51N7O8S. The molecule has 300 valence electrons. The van der Waals surface area contributed by atoms with Crippen LogP contribution in [0.4, 0.5) is 0 Å². The van der Waals surface area contributed by atoms with Gasteiger partial charge in [-0.3, -0.25) is 24.0 Å². The van der Waals surface area contributed by atoms with E-state index < -0.39 is 83.0 Å². The lowest BCUT2D eigenvalue weighted by atomic mass is 9.84. The number of aliphatic hydroxyl groups is 1. The van der Waals surface area contributed by atoms with Crippen molar-refractivity contribution in [2.24, 2.45) is 17.2 Å². The van der Waals surface area contributed by atoms with Gasteiger partial charge in [0.25, 0.3) is 0 Å². The number of carbonyl (C=O) groups excluding carboxylic acids is 5. The van der Waals surface area contributed by atoms with Crippen molar-refractivity contribution in [3.05, 3.63) is 108 Å². The molecule has 0 aliphatic carbocycles. The van der Waals surface area contributed by atoms with E-state index in [-0.39, 0.29) is 31.7 Å². The number of benzene rings is 3. The second-order valence-electron chi connectivity index (χ2n) is 13.7. The van der Waals surface area contributed by atoms with Crippen LogP contribution in [0, 0.1) is 0 Å². The molecule has 3 aromatic rings. The van der Waals surface area contributed by atoms with Crippen LogP contribution in [0.1, 0.15) is 55.7 Å². The van der Waals surface area contributed by atoms with E-state index >= 15 is 0 Å². The van der Waals surface area contributed by atoms with Gasteiger partial charge in [-0.2, -0.15) is 0 Å². The maximum atomic E-state index is 14.7. The zero-order chi connectivity index (χ0) is 40.8. The van der Waals surface area contributed by atoms with Crippen LogP contribution in [0.25, 0.3) is 0 Å².